The van der Waals surface area contributed by atoms with Gasteiger partial charge < -0.3 is 5.32 Å². The lowest BCUT2D eigenvalue weighted by atomic mass is 10.0. The number of ketones is 1. The normalized spacial score (nSPS) is 12.4. The molecule has 16 heavy (non-hydrogen) atoms. The van der Waals surface area contributed by atoms with Crippen LogP contribution in [0.3, 0.4) is 0 Å². The van der Waals surface area contributed by atoms with Crippen molar-refractivity contribution in [2.45, 2.75) is 32.7 Å². The maximum Gasteiger partial charge on any atom is 0.138 e. The molecule has 0 bridgehead atoms. The summed E-state index contributed by atoms with van der Waals surface area (Å²) in [5.74, 6) is 0.288. The number of hydrogen-bond donors (Lipinski definition) is 1. The Labute approximate surface area is 106 Å². The molecule has 0 aliphatic rings. The summed E-state index contributed by atoms with van der Waals surface area (Å²) in [6.07, 6.45) is 1.13. The number of Topliss-reactive ketones (excluding diaryl/α,β-unsaturated/α-hetero) is 1. The third-order valence-electron chi connectivity index (χ3n) is 2.40. The Balaban J connectivity index is 2.42. The molecule has 1 aromatic rings. The second-order valence-electron chi connectivity index (χ2n) is 4.00. The summed E-state index contributed by atoms with van der Waals surface area (Å²) in [5.41, 5.74) is 1.08. The van der Waals surface area contributed by atoms with Gasteiger partial charge in [-0.25, -0.2) is 0 Å². The highest BCUT2D eigenvalue weighted by atomic mass is 79.9. The first kappa shape index (κ1) is 13.4. The highest BCUT2D eigenvalue weighted by Gasteiger charge is 2.08. The van der Waals surface area contributed by atoms with Crippen molar-refractivity contribution in [3.8, 4) is 0 Å². The summed E-state index contributed by atoms with van der Waals surface area (Å²) in [7, 11) is 0. The minimum Gasteiger partial charge on any atom is -0.314 e. The van der Waals surface area contributed by atoms with Gasteiger partial charge in [0.15, 0.2) is 0 Å². The molecule has 1 rings (SSSR count). The van der Waals surface area contributed by atoms with Gasteiger partial charge in [0.1, 0.15) is 5.78 Å². The topological polar surface area (TPSA) is 29.1 Å². The van der Waals surface area contributed by atoms with Crippen LogP contribution in [0.1, 0.15) is 25.8 Å². The number of carbonyl (C=O) groups is 1. The summed E-state index contributed by atoms with van der Waals surface area (Å²) in [6, 6.07) is 8.18. The van der Waals surface area contributed by atoms with Crippen molar-refractivity contribution in [3.63, 3.8) is 0 Å². The zero-order valence-electron chi connectivity index (χ0n) is 9.79. The molecule has 1 atom stereocenters. The molecule has 0 spiro atoms. The van der Waals surface area contributed by atoms with Crippen LogP contribution in [0.15, 0.2) is 28.7 Å². The van der Waals surface area contributed by atoms with Crippen LogP contribution < -0.4 is 5.32 Å². The van der Waals surface area contributed by atoms with Gasteiger partial charge in [0.25, 0.3) is 0 Å². The molecule has 0 aliphatic heterocycles. The Hall–Kier alpha value is -0.670. The molecule has 1 aromatic carbocycles. The zero-order valence-corrected chi connectivity index (χ0v) is 11.4. The monoisotopic (exact) mass is 283 g/mol. The molecule has 0 fully saturated rings. The first-order valence-corrected chi connectivity index (χ1v) is 6.40. The number of carbonyl (C=O) groups excluding carboxylic acids is 1. The fourth-order valence-corrected chi connectivity index (χ4v) is 1.93. The van der Waals surface area contributed by atoms with E-state index in [0.717, 1.165) is 16.6 Å². The fraction of sp³-hybridized carbons (Fsp3) is 0.462. The average molecular weight is 284 g/mol. The minimum atomic E-state index is 0.271. The molecule has 88 valence electrons. The average Bonchev–Trinajstić information content (AvgIpc) is 2.21. The number of halogens is 1. The van der Waals surface area contributed by atoms with Crippen LogP contribution >= 0.6 is 15.9 Å². The second-order valence-corrected chi connectivity index (χ2v) is 4.92. The molecular formula is C13H18BrNO. The Morgan fingerprint density at radius 3 is 2.56 bits per heavy atom. The third kappa shape index (κ3) is 4.90. The molecule has 3 heteroatoms. The van der Waals surface area contributed by atoms with Gasteiger partial charge in [-0.2, -0.15) is 0 Å². The number of rotatable bonds is 6. The van der Waals surface area contributed by atoms with Gasteiger partial charge in [-0.3, -0.25) is 4.79 Å². The van der Waals surface area contributed by atoms with E-state index in [1.807, 2.05) is 31.2 Å². The molecule has 0 amide bonds. The second kappa shape index (κ2) is 6.81. The fourth-order valence-electron chi connectivity index (χ4n) is 1.66. The number of nitrogens with one attached hydrogen (secondary N) is 1. The smallest absolute Gasteiger partial charge is 0.138 e. The summed E-state index contributed by atoms with van der Waals surface area (Å²) in [6.45, 7) is 5.01. The molecular weight excluding hydrogens is 266 g/mol. The van der Waals surface area contributed by atoms with Crippen LogP contribution in [0.5, 0.6) is 0 Å². The minimum absolute atomic E-state index is 0.271. The SMILES string of the molecule is CCNC(C)CC(=O)Cc1ccc(Br)cc1. The van der Waals surface area contributed by atoms with Crippen molar-refractivity contribution in [2.75, 3.05) is 6.54 Å². The highest BCUT2D eigenvalue weighted by Crippen LogP contribution is 2.11. The standard InChI is InChI=1S/C13H18BrNO/c1-3-15-10(2)8-13(16)9-11-4-6-12(14)7-5-11/h4-7,10,15H,3,8-9H2,1-2H3. The van der Waals surface area contributed by atoms with Gasteiger partial charge in [-0.05, 0) is 31.2 Å². The molecule has 0 aromatic heterocycles. The van der Waals surface area contributed by atoms with E-state index < -0.39 is 0 Å². The van der Waals surface area contributed by atoms with Crippen LogP contribution in [-0.4, -0.2) is 18.4 Å². The van der Waals surface area contributed by atoms with Gasteiger partial charge in [-0.1, -0.05) is 35.0 Å². The molecule has 0 saturated heterocycles. The van der Waals surface area contributed by atoms with E-state index in [2.05, 4.69) is 28.2 Å². The lowest BCUT2D eigenvalue weighted by Crippen LogP contribution is -2.28. The predicted octanol–water partition coefficient (Wildman–Crippen LogP) is 2.95. The van der Waals surface area contributed by atoms with Crippen molar-refractivity contribution in [1.82, 2.24) is 5.32 Å². The van der Waals surface area contributed by atoms with Gasteiger partial charge in [0.05, 0.1) is 0 Å². The molecule has 1 N–H and O–H groups in total. The lowest BCUT2D eigenvalue weighted by molar-refractivity contribution is -0.118. The number of hydrogen-bond acceptors (Lipinski definition) is 2. The van der Waals surface area contributed by atoms with Crippen molar-refractivity contribution >= 4 is 21.7 Å². The van der Waals surface area contributed by atoms with Crippen LogP contribution in [0.25, 0.3) is 0 Å². The Morgan fingerprint density at radius 1 is 1.38 bits per heavy atom. The van der Waals surface area contributed by atoms with Crippen molar-refractivity contribution in [1.29, 1.82) is 0 Å². The van der Waals surface area contributed by atoms with E-state index in [-0.39, 0.29) is 11.8 Å². The number of benzene rings is 1. The van der Waals surface area contributed by atoms with E-state index in [1.54, 1.807) is 0 Å². The summed E-state index contributed by atoms with van der Waals surface area (Å²) >= 11 is 3.38. The molecule has 0 radical (unpaired) electrons. The van der Waals surface area contributed by atoms with Crippen LogP contribution in [0, 0.1) is 0 Å². The summed E-state index contributed by atoms with van der Waals surface area (Å²) in [4.78, 5) is 11.7. The van der Waals surface area contributed by atoms with E-state index in [4.69, 9.17) is 0 Å². The molecule has 2 nitrogen and oxygen atoms in total. The summed E-state index contributed by atoms with van der Waals surface area (Å²) in [5, 5.41) is 3.24. The van der Waals surface area contributed by atoms with Gasteiger partial charge in [0.2, 0.25) is 0 Å². The first-order chi connectivity index (χ1) is 7.61. The molecule has 0 aliphatic carbocycles. The van der Waals surface area contributed by atoms with E-state index >= 15 is 0 Å². The Morgan fingerprint density at radius 2 is 2.00 bits per heavy atom. The lowest BCUT2D eigenvalue weighted by Gasteiger charge is -2.10. The molecule has 0 heterocycles. The Kier molecular flexibility index (Phi) is 5.71. The molecule has 0 saturated carbocycles. The highest BCUT2D eigenvalue weighted by molar-refractivity contribution is 9.10. The summed E-state index contributed by atoms with van der Waals surface area (Å²) < 4.78 is 1.05. The van der Waals surface area contributed by atoms with Crippen molar-refractivity contribution in [3.05, 3.63) is 34.3 Å². The van der Waals surface area contributed by atoms with Gasteiger partial charge >= 0.3 is 0 Å². The largest absolute Gasteiger partial charge is 0.314 e. The van der Waals surface area contributed by atoms with Gasteiger partial charge in [0, 0.05) is 23.4 Å². The third-order valence-corrected chi connectivity index (χ3v) is 2.93. The Bertz CT molecular complexity index is 334. The van der Waals surface area contributed by atoms with Gasteiger partial charge in [-0.15, -0.1) is 0 Å². The van der Waals surface area contributed by atoms with Crippen molar-refractivity contribution < 1.29 is 4.79 Å². The molecule has 1 unspecified atom stereocenters. The maximum atomic E-state index is 11.7. The van der Waals surface area contributed by atoms with Crippen molar-refractivity contribution in [2.24, 2.45) is 0 Å². The predicted molar refractivity (Wildman–Crippen MR) is 70.6 cm³/mol. The quantitative estimate of drug-likeness (QED) is 0.870. The van der Waals surface area contributed by atoms with Crippen LogP contribution in [0.2, 0.25) is 0 Å². The first-order valence-electron chi connectivity index (χ1n) is 5.61. The van der Waals surface area contributed by atoms with E-state index in [1.165, 1.54) is 0 Å². The van der Waals surface area contributed by atoms with E-state index in [0.29, 0.717) is 12.8 Å². The maximum absolute atomic E-state index is 11.7. The van der Waals surface area contributed by atoms with E-state index in [9.17, 15) is 4.79 Å². The van der Waals surface area contributed by atoms with Crippen LogP contribution in [0.4, 0.5) is 0 Å². The zero-order chi connectivity index (χ0) is 12.0. The van der Waals surface area contributed by atoms with Crippen LogP contribution in [-0.2, 0) is 11.2 Å².